The maximum atomic E-state index is 13.4. The molecule has 0 saturated heterocycles. The van der Waals surface area contributed by atoms with Crippen LogP contribution >= 0.6 is 23.2 Å². The predicted octanol–water partition coefficient (Wildman–Crippen LogP) is 4.01. The van der Waals surface area contributed by atoms with E-state index in [1.165, 1.54) is 23.1 Å². The minimum Gasteiger partial charge on any atom is -0.354 e. The first-order valence-electron chi connectivity index (χ1n) is 10.5. The number of nitrogens with one attached hydrogen (secondary N) is 1. The highest BCUT2D eigenvalue weighted by molar-refractivity contribution is 7.92. The maximum Gasteiger partial charge on any atom is 0.244 e. The van der Waals surface area contributed by atoms with Crippen LogP contribution in [-0.2, 0) is 26.2 Å². The van der Waals surface area contributed by atoms with E-state index in [-0.39, 0.29) is 28.2 Å². The van der Waals surface area contributed by atoms with Crippen LogP contribution in [0.1, 0.15) is 31.4 Å². The molecule has 0 fully saturated rings. The van der Waals surface area contributed by atoms with E-state index in [1.807, 2.05) is 38.1 Å². The van der Waals surface area contributed by atoms with Crippen molar-refractivity contribution in [2.24, 2.45) is 0 Å². The van der Waals surface area contributed by atoms with Crippen molar-refractivity contribution in [2.45, 2.75) is 39.8 Å². The minimum atomic E-state index is -3.88. The molecule has 180 valence electrons. The Morgan fingerprint density at radius 1 is 1.09 bits per heavy atom. The van der Waals surface area contributed by atoms with Gasteiger partial charge < -0.3 is 10.2 Å². The normalized spacial score (nSPS) is 12.2. The number of carbonyl (C=O) groups is 2. The topological polar surface area (TPSA) is 86.8 Å². The first-order chi connectivity index (χ1) is 15.4. The Bertz CT molecular complexity index is 1090. The number of aryl methyl sites for hydroxylation is 1. The molecule has 0 spiro atoms. The Morgan fingerprint density at radius 2 is 1.73 bits per heavy atom. The molecule has 0 aliphatic heterocycles. The van der Waals surface area contributed by atoms with E-state index in [0.29, 0.717) is 6.54 Å². The monoisotopic (exact) mass is 513 g/mol. The summed E-state index contributed by atoms with van der Waals surface area (Å²) >= 11 is 12.3. The van der Waals surface area contributed by atoms with Gasteiger partial charge >= 0.3 is 0 Å². The SMILES string of the molecule is CCCNC(=O)C(C)N(Cc1ccc(C)cc1)C(=O)CN(c1cc(Cl)ccc1Cl)S(C)(=O)=O. The third kappa shape index (κ3) is 7.62. The van der Waals surface area contributed by atoms with E-state index >= 15 is 0 Å². The number of hydrogen-bond donors (Lipinski definition) is 1. The van der Waals surface area contributed by atoms with Crippen LogP contribution in [0.3, 0.4) is 0 Å². The first-order valence-corrected chi connectivity index (χ1v) is 13.1. The molecule has 2 amide bonds. The number of anilines is 1. The molecule has 2 rings (SSSR count). The highest BCUT2D eigenvalue weighted by atomic mass is 35.5. The molecule has 2 aromatic rings. The van der Waals surface area contributed by atoms with E-state index in [0.717, 1.165) is 28.1 Å². The van der Waals surface area contributed by atoms with Gasteiger partial charge in [0.05, 0.1) is 17.0 Å². The number of amides is 2. The van der Waals surface area contributed by atoms with Gasteiger partial charge in [-0.05, 0) is 44.0 Å². The number of carbonyl (C=O) groups excluding carboxylic acids is 2. The average molecular weight is 514 g/mol. The third-order valence-corrected chi connectivity index (χ3v) is 6.73. The lowest BCUT2D eigenvalue weighted by Crippen LogP contribution is -2.51. The molecule has 1 N–H and O–H groups in total. The number of benzene rings is 2. The van der Waals surface area contributed by atoms with Crippen LogP contribution in [-0.4, -0.2) is 50.5 Å². The highest BCUT2D eigenvalue weighted by Gasteiger charge is 2.30. The van der Waals surface area contributed by atoms with Crippen LogP contribution in [0.15, 0.2) is 42.5 Å². The fourth-order valence-corrected chi connectivity index (χ4v) is 4.43. The third-order valence-electron chi connectivity index (χ3n) is 5.05. The van der Waals surface area contributed by atoms with E-state index in [9.17, 15) is 18.0 Å². The van der Waals surface area contributed by atoms with Gasteiger partial charge in [0, 0.05) is 18.1 Å². The number of nitrogens with zero attached hydrogens (tertiary/aromatic N) is 2. The van der Waals surface area contributed by atoms with Crippen LogP contribution in [0, 0.1) is 6.92 Å². The Kier molecular flexibility index (Phi) is 9.57. The predicted molar refractivity (Wildman–Crippen MR) is 133 cm³/mol. The molecule has 33 heavy (non-hydrogen) atoms. The fourth-order valence-electron chi connectivity index (χ4n) is 3.14. The van der Waals surface area contributed by atoms with Crippen molar-refractivity contribution in [3.8, 4) is 0 Å². The molecule has 0 bridgehead atoms. The summed E-state index contributed by atoms with van der Waals surface area (Å²) < 4.78 is 26.0. The van der Waals surface area contributed by atoms with Crippen LogP contribution in [0.25, 0.3) is 0 Å². The van der Waals surface area contributed by atoms with Crippen LogP contribution in [0.4, 0.5) is 5.69 Å². The Hall–Kier alpha value is -2.29. The summed E-state index contributed by atoms with van der Waals surface area (Å²) in [7, 11) is -3.88. The van der Waals surface area contributed by atoms with Gasteiger partial charge in [0.25, 0.3) is 0 Å². The van der Waals surface area contributed by atoms with Gasteiger partial charge in [-0.2, -0.15) is 0 Å². The Balaban J connectivity index is 2.40. The quantitative estimate of drug-likeness (QED) is 0.519. The standard InChI is InChI=1S/C23H29Cl2N3O4S/c1-5-12-26-23(30)17(3)27(14-18-8-6-16(2)7-9-18)22(29)15-28(33(4,31)32)21-13-19(24)10-11-20(21)25/h6-11,13,17H,5,12,14-15H2,1-4H3,(H,26,30). The fraction of sp³-hybridized carbons (Fsp3) is 0.391. The lowest BCUT2D eigenvalue weighted by Gasteiger charge is -2.31. The van der Waals surface area contributed by atoms with E-state index in [1.54, 1.807) is 6.92 Å². The maximum absolute atomic E-state index is 13.4. The summed E-state index contributed by atoms with van der Waals surface area (Å²) in [4.78, 5) is 27.5. The molecular formula is C23H29Cl2N3O4S. The second kappa shape index (κ2) is 11.7. The lowest BCUT2D eigenvalue weighted by molar-refractivity contribution is -0.139. The number of halogens is 2. The molecule has 1 unspecified atom stereocenters. The van der Waals surface area contributed by atoms with Crippen molar-refractivity contribution in [3.63, 3.8) is 0 Å². The van der Waals surface area contributed by atoms with Gasteiger partial charge in [0.1, 0.15) is 12.6 Å². The largest absolute Gasteiger partial charge is 0.354 e. The molecule has 7 nitrogen and oxygen atoms in total. The molecule has 0 aliphatic carbocycles. The molecule has 0 heterocycles. The van der Waals surface area contributed by atoms with E-state index in [2.05, 4.69) is 5.32 Å². The summed E-state index contributed by atoms with van der Waals surface area (Å²) in [6.45, 7) is 5.58. The summed E-state index contributed by atoms with van der Waals surface area (Å²) in [5.74, 6) is -0.861. The van der Waals surface area contributed by atoms with Gasteiger partial charge in [-0.3, -0.25) is 13.9 Å². The van der Waals surface area contributed by atoms with Gasteiger partial charge in [0.2, 0.25) is 21.8 Å². The second-order valence-corrected chi connectivity index (χ2v) is 10.6. The summed E-state index contributed by atoms with van der Waals surface area (Å²) in [5.41, 5.74) is 1.97. The van der Waals surface area contributed by atoms with E-state index in [4.69, 9.17) is 23.2 Å². The molecule has 0 aromatic heterocycles. The summed E-state index contributed by atoms with van der Waals surface area (Å²) in [5, 5.41) is 3.20. The molecule has 1 atom stereocenters. The van der Waals surface area contributed by atoms with Gasteiger partial charge in [0.15, 0.2) is 0 Å². The van der Waals surface area contributed by atoms with E-state index < -0.39 is 28.5 Å². The van der Waals surface area contributed by atoms with Crippen LogP contribution in [0.5, 0.6) is 0 Å². The van der Waals surface area contributed by atoms with Crippen molar-refractivity contribution in [2.75, 3.05) is 23.7 Å². The average Bonchev–Trinajstić information content (AvgIpc) is 2.75. The smallest absolute Gasteiger partial charge is 0.244 e. The molecule has 2 aromatic carbocycles. The minimum absolute atomic E-state index is 0.0957. The zero-order chi connectivity index (χ0) is 24.8. The molecular weight excluding hydrogens is 485 g/mol. The van der Waals surface area contributed by atoms with Crippen LogP contribution < -0.4 is 9.62 Å². The number of rotatable bonds is 10. The van der Waals surface area contributed by atoms with Gasteiger partial charge in [-0.15, -0.1) is 0 Å². The molecule has 0 aliphatic rings. The van der Waals surface area contributed by atoms with Gasteiger partial charge in [-0.25, -0.2) is 8.42 Å². The zero-order valence-corrected chi connectivity index (χ0v) is 21.5. The highest BCUT2D eigenvalue weighted by Crippen LogP contribution is 2.30. The van der Waals surface area contributed by atoms with Crippen molar-refractivity contribution in [1.82, 2.24) is 10.2 Å². The Labute approximate surface area is 205 Å². The zero-order valence-electron chi connectivity index (χ0n) is 19.1. The first kappa shape index (κ1) is 27.0. The number of hydrogen-bond acceptors (Lipinski definition) is 4. The van der Waals surface area contributed by atoms with Crippen molar-refractivity contribution in [3.05, 3.63) is 63.6 Å². The second-order valence-electron chi connectivity index (χ2n) is 7.84. The Morgan fingerprint density at radius 3 is 2.30 bits per heavy atom. The lowest BCUT2D eigenvalue weighted by atomic mass is 10.1. The van der Waals surface area contributed by atoms with Crippen LogP contribution in [0.2, 0.25) is 10.0 Å². The molecule has 0 saturated carbocycles. The molecule has 10 heteroatoms. The number of sulfonamides is 1. The van der Waals surface area contributed by atoms with Crippen molar-refractivity contribution < 1.29 is 18.0 Å². The van der Waals surface area contributed by atoms with Crippen molar-refractivity contribution >= 4 is 50.7 Å². The van der Waals surface area contributed by atoms with Gasteiger partial charge in [-0.1, -0.05) is 60.0 Å². The van der Waals surface area contributed by atoms with Crippen molar-refractivity contribution in [1.29, 1.82) is 0 Å². The summed E-state index contributed by atoms with van der Waals surface area (Å²) in [6.07, 6.45) is 1.73. The summed E-state index contributed by atoms with van der Waals surface area (Å²) in [6, 6.07) is 11.1. The molecule has 0 radical (unpaired) electrons.